The third kappa shape index (κ3) is 5.63. The minimum absolute atomic E-state index is 0.156. The molecule has 1 atom stereocenters. The maximum atomic E-state index is 10.7. The highest BCUT2D eigenvalue weighted by Crippen LogP contribution is 2.14. The molecule has 0 spiro atoms. The maximum Gasteiger partial charge on any atom is 0.302 e. The summed E-state index contributed by atoms with van der Waals surface area (Å²) in [5.41, 5.74) is 2.09. The van der Waals surface area contributed by atoms with Gasteiger partial charge in [-0.15, -0.1) is 0 Å². The first kappa shape index (κ1) is 13.9. The molecule has 0 radical (unpaired) electrons. The molecule has 0 saturated heterocycles. The molecule has 0 fully saturated rings. The van der Waals surface area contributed by atoms with Gasteiger partial charge in [-0.3, -0.25) is 4.79 Å². The highest BCUT2D eigenvalue weighted by atomic mass is 79.9. The van der Waals surface area contributed by atoms with Crippen molar-refractivity contribution in [2.45, 2.75) is 31.2 Å². The number of benzene rings is 1. The number of hydrogen-bond donors (Lipinski definition) is 0. The zero-order valence-electron chi connectivity index (χ0n) is 9.69. The average molecular weight is 299 g/mol. The molecule has 0 aliphatic heterocycles. The second-order valence-electron chi connectivity index (χ2n) is 3.80. The van der Waals surface area contributed by atoms with Crippen molar-refractivity contribution in [1.82, 2.24) is 0 Å². The molecule has 0 heterocycles. The lowest BCUT2D eigenvalue weighted by Gasteiger charge is -2.08. The highest BCUT2D eigenvalue weighted by molar-refractivity contribution is 9.09. The normalized spacial score (nSPS) is 11.9. The van der Waals surface area contributed by atoms with Gasteiger partial charge in [0.1, 0.15) is 12.9 Å². The van der Waals surface area contributed by atoms with Crippen LogP contribution in [0.2, 0.25) is 0 Å². The molecule has 4 heteroatoms. The fourth-order valence-electron chi connectivity index (χ4n) is 1.47. The van der Waals surface area contributed by atoms with Crippen molar-refractivity contribution in [2.75, 3.05) is 0 Å². The minimum Gasteiger partial charge on any atom is -0.461 e. The van der Waals surface area contributed by atoms with E-state index in [0.29, 0.717) is 13.0 Å². The number of esters is 1. The molecule has 1 unspecified atom stereocenters. The van der Waals surface area contributed by atoms with Gasteiger partial charge in [-0.2, -0.15) is 0 Å². The molecule has 0 N–H and O–H groups in total. The molecule has 17 heavy (non-hydrogen) atoms. The largest absolute Gasteiger partial charge is 0.461 e. The third-order valence-electron chi connectivity index (χ3n) is 2.24. The molecular weight excluding hydrogens is 284 g/mol. The average Bonchev–Trinajstić information content (AvgIpc) is 2.27. The van der Waals surface area contributed by atoms with Crippen LogP contribution < -0.4 is 0 Å². The summed E-state index contributed by atoms with van der Waals surface area (Å²) in [6.45, 7) is 1.69. The van der Waals surface area contributed by atoms with Crippen LogP contribution in [-0.2, 0) is 27.4 Å². The molecule has 1 aromatic rings. The van der Waals surface area contributed by atoms with E-state index in [4.69, 9.17) is 4.74 Å². The lowest BCUT2D eigenvalue weighted by Crippen LogP contribution is -2.04. The van der Waals surface area contributed by atoms with Crippen LogP contribution in [0.4, 0.5) is 0 Å². The second kappa shape index (κ2) is 7.22. The van der Waals surface area contributed by atoms with E-state index in [1.165, 1.54) is 6.92 Å². The fourth-order valence-corrected chi connectivity index (χ4v) is 2.00. The molecule has 1 rings (SSSR count). The lowest BCUT2D eigenvalue weighted by atomic mass is 10.1. The number of aldehydes is 1. The Morgan fingerprint density at radius 1 is 1.47 bits per heavy atom. The van der Waals surface area contributed by atoms with Gasteiger partial charge in [0.15, 0.2) is 0 Å². The van der Waals surface area contributed by atoms with E-state index in [-0.39, 0.29) is 10.8 Å². The van der Waals surface area contributed by atoms with E-state index in [9.17, 15) is 9.59 Å². The van der Waals surface area contributed by atoms with Gasteiger partial charge in [-0.1, -0.05) is 40.2 Å². The Kier molecular flexibility index (Phi) is 5.91. The van der Waals surface area contributed by atoms with Crippen LogP contribution in [0, 0.1) is 0 Å². The Morgan fingerprint density at radius 3 is 2.82 bits per heavy atom. The molecule has 92 valence electrons. The van der Waals surface area contributed by atoms with E-state index in [0.717, 1.165) is 23.8 Å². The van der Waals surface area contributed by atoms with Crippen LogP contribution in [0.15, 0.2) is 24.3 Å². The Balaban J connectivity index is 2.58. The summed E-state index contributed by atoms with van der Waals surface area (Å²) >= 11 is 3.44. The summed E-state index contributed by atoms with van der Waals surface area (Å²) in [7, 11) is 0. The summed E-state index contributed by atoms with van der Waals surface area (Å²) in [5, 5.41) is 0. The monoisotopic (exact) mass is 298 g/mol. The Morgan fingerprint density at radius 2 is 2.18 bits per heavy atom. The van der Waals surface area contributed by atoms with Crippen molar-refractivity contribution in [1.29, 1.82) is 0 Å². The predicted octanol–water partition coefficient (Wildman–Crippen LogP) is 2.64. The van der Waals surface area contributed by atoms with Gasteiger partial charge >= 0.3 is 5.97 Å². The minimum atomic E-state index is -0.283. The molecule has 0 aliphatic carbocycles. The fraction of sp³-hybridized carbons (Fsp3) is 0.385. The van der Waals surface area contributed by atoms with Crippen molar-refractivity contribution in [3.05, 3.63) is 35.4 Å². The summed E-state index contributed by atoms with van der Waals surface area (Å²) in [6.07, 6.45) is 2.18. The second-order valence-corrected chi connectivity index (χ2v) is 5.10. The van der Waals surface area contributed by atoms with Gasteiger partial charge in [-0.25, -0.2) is 0 Å². The van der Waals surface area contributed by atoms with Crippen molar-refractivity contribution in [2.24, 2.45) is 0 Å². The summed E-state index contributed by atoms with van der Waals surface area (Å²) in [4.78, 5) is 21.2. The molecule has 0 bridgehead atoms. The van der Waals surface area contributed by atoms with Crippen molar-refractivity contribution in [3.63, 3.8) is 0 Å². The number of ether oxygens (including phenoxy) is 1. The summed E-state index contributed by atoms with van der Waals surface area (Å²) in [6, 6.07) is 7.82. The zero-order valence-corrected chi connectivity index (χ0v) is 11.3. The number of alkyl halides is 1. The molecule has 0 amide bonds. The Bertz CT molecular complexity index is 390. The smallest absolute Gasteiger partial charge is 0.302 e. The standard InChI is InChI=1S/C13H15BrO3/c1-10(16)17-9-12-4-2-3-11(7-12)8-13(14)5-6-15/h2-4,6-7,13H,5,8-9H2,1H3. The molecular formula is C13H15BrO3. The van der Waals surface area contributed by atoms with Gasteiger partial charge in [-0.05, 0) is 17.5 Å². The first-order chi connectivity index (χ1) is 8.11. The van der Waals surface area contributed by atoms with Gasteiger partial charge in [0, 0.05) is 18.2 Å². The lowest BCUT2D eigenvalue weighted by molar-refractivity contribution is -0.142. The molecule has 3 nitrogen and oxygen atoms in total. The number of rotatable bonds is 6. The van der Waals surface area contributed by atoms with E-state index in [1.807, 2.05) is 24.3 Å². The third-order valence-corrected chi connectivity index (χ3v) is 2.94. The summed E-state index contributed by atoms with van der Waals surface area (Å²) in [5.74, 6) is -0.283. The van der Waals surface area contributed by atoms with Crippen LogP contribution in [-0.4, -0.2) is 17.1 Å². The molecule has 0 saturated carbocycles. The highest BCUT2D eigenvalue weighted by Gasteiger charge is 2.05. The first-order valence-electron chi connectivity index (χ1n) is 5.40. The van der Waals surface area contributed by atoms with E-state index in [2.05, 4.69) is 15.9 Å². The van der Waals surface area contributed by atoms with Gasteiger partial charge in [0.2, 0.25) is 0 Å². The van der Waals surface area contributed by atoms with Gasteiger partial charge in [0.05, 0.1) is 0 Å². The SMILES string of the molecule is CC(=O)OCc1cccc(CC(Br)CC=O)c1. The topological polar surface area (TPSA) is 43.4 Å². The predicted molar refractivity (Wildman–Crippen MR) is 69.0 cm³/mol. The number of halogens is 1. The quantitative estimate of drug-likeness (QED) is 0.461. The van der Waals surface area contributed by atoms with Crippen LogP contribution >= 0.6 is 15.9 Å². The van der Waals surface area contributed by atoms with E-state index >= 15 is 0 Å². The van der Waals surface area contributed by atoms with E-state index < -0.39 is 0 Å². The number of hydrogen-bond acceptors (Lipinski definition) is 3. The molecule has 0 aromatic heterocycles. The van der Waals surface area contributed by atoms with Gasteiger partial charge in [0.25, 0.3) is 0 Å². The van der Waals surface area contributed by atoms with Gasteiger partial charge < -0.3 is 9.53 Å². The van der Waals surface area contributed by atoms with Crippen LogP contribution in [0.3, 0.4) is 0 Å². The van der Waals surface area contributed by atoms with Crippen molar-refractivity contribution < 1.29 is 14.3 Å². The van der Waals surface area contributed by atoms with Crippen LogP contribution in [0.1, 0.15) is 24.5 Å². The maximum absolute atomic E-state index is 10.7. The van der Waals surface area contributed by atoms with Crippen molar-refractivity contribution >= 4 is 28.2 Å². The first-order valence-corrected chi connectivity index (χ1v) is 6.32. The zero-order chi connectivity index (χ0) is 12.7. The molecule has 1 aromatic carbocycles. The van der Waals surface area contributed by atoms with Crippen LogP contribution in [0.5, 0.6) is 0 Å². The van der Waals surface area contributed by atoms with E-state index in [1.54, 1.807) is 0 Å². The Hall–Kier alpha value is -1.16. The summed E-state index contributed by atoms with van der Waals surface area (Å²) < 4.78 is 4.93. The van der Waals surface area contributed by atoms with Crippen molar-refractivity contribution in [3.8, 4) is 0 Å². The number of carbonyl (C=O) groups excluding carboxylic acids is 2. The van der Waals surface area contributed by atoms with Crippen LogP contribution in [0.25, 0.3) is 0 Å². The Labute approximate surface area is 109 Å². The number of carbonyl (C=O) groups is 2. The molecule has 0 aliphatic rings.